The van der Waals surface area contributed by atoms with Crippen LogP contribution in [0, 0.1) is 6.92 Å². The Bertz CT molecular complexity index is 404. The van der Waals surface area contributed by atoms with Crippen molar-refractivity contribution in [3.63, 3.8) is 0 Å². The van der Waals surface area contributed by atoms with Crippen LogP contribution in [0.2, 0.25) is 0 Å². The first-order chi connectivity index (χ1) is 9.26. The SMILES string of the molecule is CCNCc1cnc(N(CCO)C2CCC2)c(C)c1. The summed E-state index contributed by atoms with van der Waals surface area (Å²) < 4.78 is 0. The number of pyridine rings is 1. The van der Waals surface area contributed by atoms with Crippen LogP contribution in [0.15, 0.2) is 12.3 Å². The van der Waals surface area contributed by atoms with E-state index in [4.69, 9.17) is 0 Å². The molecule has 19 heavy (non-hydrogen) atoms. The molecule has 2 rings (SSSR count). The van der Waals surface area contributed by atoms with E-state index in [0.717, 1.165) is 18.9 Å². The van der Waals surface area contributed by atoms with Crippen LogP contribution in [0.3, 0.4) is 0 Å². The van der Waals surface area contributed by atoms with E-state index in [0.29, 0.717) is 12.6 Å². The number of anilines is 1. The van der Waals surface area contributed by atoms with Gasteiger partial charge in [-0.2, -0.15) is 0 Å². The number of hydrogen-bond donors (Lipinski definition) is 2. The normalized spacial score (nSPS) is 15.3. The molecule has 1 saturated carbocycles. The molecule has 1 aliphatic rings. The molecule has 0 aromatic carbocycles. The molecule has 0 aliphatic heterocycles. The summed E-state index contributed by atoms with van der Waals surface area (Å²) in [5, 5.41) is 12.6. The molecule has 1 aromatic rings. The van der Waals surface area contributed by atoms with E-state index in [2.05, 4.69) is 35.1 Å². The maximum atomic E-state index is 9.25. The van der Waals surface area contributed by atoms with Crippen LogP contribution in [0.4, 0.5) is 5.82 Å². The van der Waals surface area contributed by atoms with Crippen molar-refractivity contribution in [3.05, 3.63) is 23.4 Å². The molecule has 0 atom stereocenters. The summed E-state index contributed by atoms with van der Waals surface area (Å²) in [5.74, 6) is 1.04. The highest BCUT2D eigenvalue weighted by Gasteiger charge is 2.26. The number of nitrogens with one attached hydrogen (secondary N) is 1. The Morgan fingerprint density at radius 1 is 1.47 bits per heavy atom. The summed E-state index contributed by atoms with van der Waals surface area (Å²) >= 11 is 0. The summed E-state index contributed by atoms with van der Waals surface area (Å²) in [6, 6.07) is 2.77. The smallest absolute Gasteiger partial charge is 0.131 e. The first-order valence-electron chi connectivity index (χ1n) is 7.30. The summed E-state index contributed by atoms with van der Waals surface area (Å²) in [6.45, 7) is 6.93. The number of nitrogens with zero attached hydrogens (tertiary/aromatic N) is 2. The van der Waals surface area contributed by atoms with Gasteiger partial charge >= 0.3 is 0 Å². The molecule has 4 heteroatoms. The Kier molecular flexibility index (Phi) is 5.16. The van der Waals surface area contributed by atoms with Crippen molar-refractivity contribution in [2.75, 3.05) is 24.6 Å². The van der Waals surface area contributed by atoms with Crippen LogP contribution in [0.1, 0.15) is 37.3 Å². The largest absolute Gasteiger partial charge is 0.395 e. The molecule has 0 saturated heterocycles. The van der Waals surface area contributed by atoms with E-state index in [1.165, 1.54) is 30.4 Å². The van der Waals surface area contributed by atoms with Crippen molar-refractivity contribution in [2.45, 2.75) is 45.7 Å². The fraction of sp³-hybridized carbons (Fsp3) is 0.667. The fourth-order valence-electron chi connectivity index (χ4n) is 2.56. The van der Waals surface area contributed by atoms with Crippen molar-refractivity contribution in [3.8, 4) is 0 Å². The van der Waals surface area contributed by atoms with Gasteiger partial charge in [-0.05, 0) is 49.9 Å². The standard InChI is InChI=1S/C15H25N3O/c1-3-16-10-13-9-12(2)15(17-11-13)18(7-8-19)14-5-4-6-14/h9,11,14,16,19H,3-8,10H2,1-2H3. The highest BCUT2D eigenvalue weighted by atomic mass is 16.3. The Balaban J connectivity index is 2.12. The fourth-order valence-corrected chi connectivity index (χ4v) is 2.56. The predicted molar refractivity (Wildman–Crippen MR) is 78.4 cm³/mol. The van der Waals surface area contributed by atoms with Crippen molar-refractivity contribution in [2.24, 2.45) is 0 Å². The zero-order chi connectivity index (χ0) is 13.7. The second-order valence-electron chi connectivity index (χ2n) is 5.27. The first-order valence-corrected chi connectivity index (χ1v) is 7.30. The second kappa shape index (κ2) is 6.87. The van der Waals surface area contributed by atoms with Crippen molar-refractivity contribution < 1.29 is 5.11 Å². The third-order valence-electron chi connectivity index (χ3n) is 3.81. The molecule has 1 aliphatic carbocycles. The predicted octanol–water partition coefficient (Wildman–Crippen LogP) is 1.85. The van der Waals surface area contributed by atoms with Crippen molar-refractivity contribution >= 4 is 5.82 Å². The Hall–Kier alpha value is -1.13. The minimum Gasteiger partial charge on any atom is -0.395 e. The molecule has 0 bridgehead atoms. The Morgan fingerprint density at radius 2 is 2.26 bits per heavy atom. The van der Waals surface area contributed by atoms with Crippen LogP contribution in [0.25, 0.3) is 0 Å². The maximum Gasteiger partial charge on any atom is 0.131 e. The third kappa shape index (κ3) is 3.45. The topological polar surface area (TPSA) is 48.4 Å². The molecule has 2 N–H and O–H groups in total. The van der Waals surface area contributed by atoms with Gasteiger partial charge < -0.3 is 15.3 Å². The molecule has 0 unspecified atom stereocenters. The first kappa shape index (κ1) is 14.3. The summed E-state index contributed by atoms with van der Waals surface area (Å²) in [5.41, 5.74) is 2.43. The molecular weight excluding hydrogens is 238 g/mol. The zero-order valence-electron chi connectivity index (χ0n) is 12.0. The number of rotatable bonds is 7. The van der Waals surface area contributed by atoms with Gasteiger partial charge in [0.1, 0.15) is 5.82 Å². The Morgan fingerprint density at radius 3 is 2.79 bits per heavy atom. The number of aryl methyl sites for hydroxylation is 1. The lowest BCUT2D eigenvalue weighted by molar-refractivity contribution is 0.283. The maximum absolute atomic E-state index is 9.25. The van der Waals surface area contributed by atoms with E-state index in [1.54, 1.807) is 0 Å². The third-order valence-corrected chi connectivity index (χ3v) is 3.81. The van der Waals surface area contributed by atoms with Gasteiger partial charge in [0.05, 0.1) is 6.61 Å². The van der Waals surface area contributed by atoms with Crippen LogP contribution < -0.4 is 10.2 Å². The average Bonchev–Trinajstić information content (AvgIpc) is 2.34. The van der Waals surface area contributed by atoms with Gasteiger partial charge in [0.2, 0.25) is 0 Å². The van der Waals surface area contributed by atoms with Gasteiger partial charge in [0.25, 0.3) is 0 Å². The number of hydrogen-bond acceptors (Lipinski definition) is 4. The monoisotopic (exact) mass is 263 g/mol. The minimum absolute atomic E-state index is 0.191. The second-order valence-corrected chi connectivity index (χ2v) is 5.27. The summed E-state index contributed by atoms with van der Waals surface area (Å²) in [7, 11) is 0. The van der Waals surface area contributed by atoms with E-state index < -0.39 is 0 Å². The molecule has 4 nitrogen and oxygen atoms in total. The van der Waals surface area contributed by atoms with Gasteiger partial charge in [-0.1, -0.05) is 6.92 Å². The minimum atomic E-state index is 0.191. The molecule has 1 fully saturated rings. The number of aliphatic hydroxyl groups is 1. The highest BCUT2D eigenvalue weighted by Crippen LogP contribution is 2.30. The van der Waals surface area contributed by atoms with Crippen LogP contribution in [-0.2, 0) is 6.54 Å². The molecule has 0 spiro atoms. The van der Waals surface area contributed by atoms with Crippen molar-refractivity contribution in [1.29, 1.82) is 0 Å². The van der Waals surface area contributed by atoms with Crippen molar-refractivity contribution in [1.82, 2.24) is 10.3 Å². The lowest BCUT2D eigenvalue weighted by Crippen LogP contribution is -2.42. The summed E-state index contributed by atoms with van der Waals surface area (Å²) in [4.78, 5) is 6.90. The van der Waals surface area contributed by atoms with Crippen LogP contribution in [0.5, 0.6) is 0 Å². The number of aliphatic hydroxyl groups excluding tert-OH is 1. The van der Waals surface area contributed by atoms with Gasteiger partial charge in [-0.3, -0.25) is 0 Å². The molecule has 1 aromatic heterocycles. The molecule has 1 heterocycles. The lowest BCUT2D eigenvalue weighted by atomic mass is 9.91. The summed E-state index contributed by atoms with van der Waals surface area (Å²) in [6.07, 6.45) is 5.69. The lowest BCUT2D eigenvalue weighted by Gasteiger charge is -2.38. The van der Waals surface area contributed by atoms with Crippen LogP contribution in [-0.4, -0.2) is 35.8 Å². The molecule has 106 valence electrons. The molecule has 0 radical (unpaired) electrons. The average molecular weight is 263 g/mol. The van der Waals surface area contributed by atoms with E-state index in [9.17, 15) is 5.11 Å². The van der Waals surface area contributed by atoms with E-state index >= 15 is 0 Å². The Labute approximate surface area is 115 Å². The molecule has 0 amide bonds. The number of aromatic nitrogens is 1. The quantitative estimate of drug-likeness (QED) is 0.788. The van der Waals surface area contributed by atoms with Gasteiger partial charge in [-0.15, -0.1) is 0 Å². The van der Waals surface area contributed by atoms with Gasteiger partial charge in [0, 0.05) is 25.3 Å². The van der Waals surface area contributed by atoms with E-state index in [-0.39, 0.29) is 6.61 Å². The van der Waals surface area contributed by atoms with Gasteiger partial charge in [-0.25, -0.2) is 4.98 Å². The van der Waals surface area contributed by atoms with Gasteiger partial charge in [0.15, 0.2) is 0 Å². The van der Waals surface area contributed by atoms with Crippen LogP contribution >= 0.6 is 0 Å². The molecular formula is C15H25N3O. The zero-order valence-corrected chi connectivity index (χ0v) is 12.0. The highest BCUT2D eigenvalue weighted by molar-refractivity contribution is 5.48. The van der Waals surface area contributed by atoms with E-state index in [1.807, 2.05) is 6.20 Å².